The fraction of sp³-hybridized carbons (Fsp3) is 0.364. The second-order valence-electron chi connectivity index (χ2n) is 11.5. The van der Waals surface area contributed by atoms with Gasteiger partial charge < -0.3 is 30.2 Å². The van der Waals surface area contributed by atoms with Crippen LogP contribution in [0.25, 0.3) is 0 Å². The zero-order valence-electron chi connectivity index (χ0n) is 24.6. The maximum atomic E-state index is 14.4. The predicted molar refractivity (Wildman–Crippen MR) is 172 cm³/mol. The molecule has 9 heteroatoms. The molecular formula is C33H40N6O2S. The van der Waals surface area contributed by atoms with Gasteiger partial charge in [-0.25, -0.2) is 0 Å². The Morgan fingerprint density at radius 1 is 0.952 bits per heavy atom. The number of hydrogen-bond donors (Lipinski definition) is 2. The summed E-state index contributed by atoms with van der Waals surface area (Å²) in [6, 6.07) is 27.8. The minimum atomic E-state index is -1.01. The fourth-order valence-corrected chi connectivity index (χ4v) is 6.07. The largest absolute Gasteiger partial charge is 0.378 e. The van der Waals surface area contributed by atoms with Gasteiger partial charge in [-0.2, -0.15) is 0 Å². The highest BCUT2D eigenvalue weighted by molar-refractivity contribution is 7.80. The van der Waals surface area contributed by atoms with Gasteiger partial charge in [0.2, 0.25) is 11.8 Å². The number of anilines is 2. The minimum absolute atomic E-state index is 0.0137. The Morgan fingerprint density at radius 2 is 1.57 bits per heavy atom. The third kappa shape index (κ3) is 6.58. The Kier molecular flexibility index (Phi) is 9.09. The number of thiocarbonyl (C=S) groups is 1. The van der Waals surface area contributed by atoms with Crippen LogP contribution < -0.4 is 15.5 Å². The first-order chi connectivity index (χ1) is 20.2. The van der Waals surface area contributed by atoms with Crippen LogP contribution in [0.4, 0.5) is 11.4 Å². The smallest absolute Gasteiger partial charge is 0.250 e. The minimum Gasteiger partial charge on any atom is -0.378 e. The molecule has 2 amide bonds. The number of rotatable bonds is 9. The van der Waals surface area contributed by atoms with Crippen molar-refractivity contribution in [3.8, 4) is 0 Å². The molecule has 3 aromatic carbocycles. The van der Waals surface area contributed by atoms with Crippen molar-refractivity contribution in [3.05, 3.63) is 96.1 Å². The summed E-state index contributed by atoms with van der Waals surface area (Å²) in [5.74, 6) is -0.263. The SMILES string of the molecule is CN1CCC(C(=O)Nc2ccc(N(C)C)cc2)(N(Cc2ccccc2)C(=O)CN2C[C@H](c3ccccc3)NC2=S)CC1. The maximum Gasteiger partial charge on any atom is 0.250 e. The highest BCUT2D eigenvalue weighted by Gasteiger charge is 2.48. The van der Waals surface area contributed by atoms with Crippen molar-refractivity contribution in [2.45, 2.75) is 31.0 Å². The van der Waals surface area contributed by atoms with E-state index in [0.717, 1.165) is 16.8 Å². The van der Waals surface area contributed by atoms with E-state index in [9.17, 15) is 9.59 Å². The van der Waals surface area contributed by atoms with Crippen LogP contribution in [0.3, 0.4) is 0 Å². The van der Waals surface area contributed by atoms with Crippen molar-refractivity contribution in [1.29, 1.82) is 0 Å². The third-order valence-electron chi connectivity index (χ3n) is 8.40. The highest BCUT2D eigenvalue weighted by Crippen LogP contribution is 2.33. The molecule has 0 radical (unpaired) electrons. The number of hydrogen-bond acceptors (Lipinski definition) is 5. The van der Waals surface area contributed by atoms with Crippen LogP contribution in [0.2, 0.25) is 0 Å². The molecule has 1 atom stereocenters. The van der Waals surface area contributed by atoms with Crippen LogP contribution in [0.15, 0.2) is 84.9 Å². The number of carbonyl (C=O) groups excluding carboxylic acids is 2. The lowest BCUT2D eigenvalue weighted by Crippen LogP contribution is -2.64. The average molecular weight is 585 g/mol. The topological polar surface area (TPSA) is 71.2 Å². The molecule has 0 saturated carbocycles. The van der Waals surface area contributed by atoms with Crippen LogP contribution >= 0.6 is 12.2 Å². The van der Waals surface area contributed by atoms with E-state index in [1.165, 1.54) is 0 Å². The second-order valence-corrected chi connectivity index (χ2v) is 11.9. The van der Waals surface area contributed by atoms with Gasteiger partial charge in [0.1, 0.15) is 5.54 Å². The molecule has 0 spiro atoms. The Balaban J connectivity index is 1.43. The lowest BCUT2D eigenvalue weighted by atomic mass is 9.83. The average Bonchev–Trinajstić information content (AvgIpc) is 3.37. The van der Waals surface area contributed by atoms with E-state index in [-0.39, 0.29) is 24.4 Å². The highest BCUT2D eigenvalue weighted by atomic mass is 32.1. The molecule has 5 rings (SSSR count). The molecule has 2 aliphatic heterocycles. The van der Waals surface area contributed by atoms with E-state index in [2.05, 4.69) is 34.7 Å². The quantitative estimate of drug-likeness (QED) is 0.367. The number of carbonyl (C=O) groups is 2. The van der Waals surface area contributed by atoms with Crippen molar-refractivity contribution in [2.24, 2.45) is 0 Å². The molecule has 0 unspecified atom stereocenters. The van der Waals surface area contributed by atoms with Gasteiger partial charge in [-0.15, -0.1) is 0 Å². The molecule has 220 valence electrons. The molecular weight excluding hydrogens is 544 g/mol. The summed E-state index contributed by atoms with van der Waals surface area (Å²) >= 11 is 5.67. The molecule has 2 heterocycles. The van der Waals surface area contributed by atoms with Gasteiger partial charge >= 0.3 is 0 Å². The molecule has 2 fully saturated rings. The van der Waals surface area contributed by atoms with Crippen molar-refractivity contribution in [3.63, 3.8) is 0 Å². The summed E-state index contributed by atoms with van der Waals surface area (Å²) in [6.45, 7) is 2.46. The van der Waals surface area contributed by atoms with Gasteiger partial charge in [-0.1, -0.05) is 60.7 Å². The lowest BCUT2D eigenvalue weighted by Gasteiger charge is -2.47. The first-order valence-corrected chi connectivity index (χ1v) is 14.9. The number of piperidine rings is 1. The molecule has 8 nitrogen and oxygen atoms in total. The van der Waals surface area contributed by atoms with Crippen molar-refractivity contribution in [2.75, 3.05) is 57.5 Å². The predicted octanol–water partition coefficient (Wildman–Crippen LogP) is 4.12. The van der Waals surface area contributed by atoms with Gasteiger partial charge in [0.05, 0.1) is 12.6 Å². The standard InChI is InChI=1S/C33H40N6O2S/c1-36(2)28-16-14-27(15-17-28)34-31(41)33(18-20-37(3)21-19-33)39(22-25-10-6-4-7-11-25)30(40)24-38-23-29(35-32(38)42)26-12-8-5-9-13-26/h4-17,29H,18-24H2,1-3H3,(H,34,41)(H,35,42)/t29-/m1/s1. The van der Waals surface area contributed by atoms with Crippen LogP contribution in [0.1, 0.15) is 30.0 Å². The number of nitrogens with one attached hydrogen (secondary N) is 2. The number of likely N-dealkylation sites (tertiary alicyclic amines) is 1. The Hall–Kier alpha value is -3.95. The van der Waals surface area contributed by atoms with E-state index in [1.54, 1.807) is 0 Å². The summed E-state index contributed by atoms with van der Waals surface area (Å²) in [5.41, 5.74) is 2.87. The van der Waals surface area contributed by atoms with Gasteiger partial charge in [0.25, 0.3) is 0 Å². The molecule has 2 aliphatic rings. The van der Waals surface area contributed by atoms with Crippen molar-refractivity contribution < 1.29 is 9.59 Å². The van der Waals surface area contributed by atoms with Gasteiger partial charge in [-0.3, -0.25) is 9.59 Å². The van der Waals surface area contributed by atoms with Crippen LogP contribution in [0.5, 0.6) is 0 Å². The van der Waals surface area contributed by atoms with E-state index in [0.29, 0.717) is 49.8 Å². The Morgan fingerprint density at radius 3 is 2.19 bits per heavy atom. The van der Waals surface area contributed by atoms with E-state index >= 15 is 0 Å². The number of benzene rings is 3. The molecule has 0 aliphatic carbocycles. The molecule has 2 saturated heterocycles. The Labute approximate surface area is 254 Å². The molecule has 42 heavy (non-hydrogen) atoms. The zero-order valence-corrected chi connectivity index (χ0v) is 25.4. The Bertz CT molecular complexity index is 1370. The monoisotopic (exact) mass is 584 g/mol. The summed E-state index contributed by atoms with van der Waals surface area (Å²) in [4.78, 5) is 36.6. The zero-order chi connectivity index (χ0) is 29.7. The number of nitrogens with zero attached hydrogens (tertiary/aromatic N) is 4. The van der Waals surface area contributed by atoms with Crippen LogP contribution in [-0.2, 0) is 16.1 Å². The van der Waals surface area contributed by atoms with E-state index in [4.69, 9.17) is 12.2 Å². The van der Waals surface area contributed by atoms with Crippen LogP contribution in [-0.4, -0.2) is 84.5 Å². The van der Waals surface area contributed by atoms with Gasteiger partial charge in [0.15, 0.2) is 5.11 Å². The van der Waals surface area contributed by atoms with Crippen molar-refractivity contribution >= 4 is 40.5 Å². The van der Waals surface area contributed by atoms with E-state index < -0.39 is 5.54 Å². The lowest BCUT2D eigenvalue weighted by molar-refractivity contribution is -0.149. The molecule has 0 aromatic heterocycles. The van der Waals surface area contributed by atoms with Crippen LogP contribution in [0, 0.1) is 0 Å². The van der Waals surface area contributed by atoms with Gasteiger partial charge in [0, 0.05) is 51.6 Å². The number of amides is 2. The first kappa shape index (κ1) is 29.5. The molecule has 2 N–H and O–H groups in total. The molecule has 0 bridgehead atoms. The summed E-state index contributed by atoms with van der Waals surface area (Å²) in [5, 5.41) is 7.09. The summed E-state index contributed by atoms with van der Waals surface area (Å²) < 4.78 is 0. The summed E-state index contributed by atoms with van der Waals surface area (Å²) in [6.07, 6.45) is 1.08. The fourth-order valence-electron chi connectivity index (χ4n) is 5.79. The first-order valence-electron chi connectivity index (χ1n) is 14.5. The second kappa shape index (κ2) is 12.9. The van der Waals surface area contributed by atoms with Crippen molar-refractivity contribution in [1.82, 2.24) is 20.0 Å². The third-order valence-corrected chi connectivity index (χ3v) is 8.77. The van der Waals surface area contributed by atoms with E-state index in [1.807, 2.05) is 102 Å². The van der Waals surface area contributed by atoms with Gasteiger partial charge in [-0.05, 0) is 67.5 Å². The summed E-state index contributed by atoms with van der Waals surface area (Å²) in [7, 11) is 6.03. The normalized spacial score (nSPS) is 18.3. The molecule has 3 aromatic rings. The maximum absolute atomic E-state index is 14.4.